The van der Waals surface area contributed by atoms with Crippen molar-refractivity contribution in [1.82, 2.24) is 19.5 Å². The van der Waals surface area contributed by atoms with E-state index >= 15 is 0 Å². The number of rotatable bonds is 5. The zero-order valence-electron chi connectivity index (χ0n) is 18.7. The van der Waals surface area contributed by atoms with E-state index in [0.29, 0.717) is 22.6 Å². The standard InChI is InChI=1S/C22H31FN4O3S.ClH/c1-14-7-8-19(23)18-12-20(25-21(14)18)22(28)24-15-5-4-6-16(11-15)27-10-9-17(13-27)26(2)31(3,29)30;/h7-8,12,15-17,25H,4-6,9-11,13H2,1-3H3,(H,24,28);1H/t15-,16+,17+;/m1./s1. The molecular formula is C22H32ClFN4O3S. The molecule has 7 nitrogen and oxygen atoms in total. The average Bonchev–Trinajstić information content (AvgIpc) is 3.38. The molecule has 1 saturated carbocycles. The van der Waals surface area contributed by atoms with Crippen LogP contribution in [0.15, 0.2) is 18.2 Å². The van der Waals surface area contributed by atoms with Crippen LogP contribution < -0.4 is 5.32 Å². The van der Waals surface area contributed by atoms with Crippen molar-refractivity contribution in [1.29, 1.82) is 0 Å². The number of likely N-dealkylation sites (N-methyl/N-ethyl adjacent to an activating group) is 1. The number of fused-ring (bicyclic) bond motifs is 1. The molecule has 1 amide bonds. The monoisotopic (exact) mass is 486 g/mol. The molecule has 4 rings (SSSR count). The van der Waals surface area contributed by atoms with E-state index in [0.717, 1.165) is 50.8 Å². The number of sulfonamides is 1. The Hall–Kier alpha value is -1.68. The molecule has 178 valence electrons. The number of likely N-dealkylation sites (tertiary alicyclic amines) is 1. The fourth-order valence-electron chi connectivity index (χ4n) is 5.00. The van der Waals surface area contributed by atoms with E-state index in [-0.39, 0.29) is 36.2 Å². The van der Waals surface area contributed by atoms with E-state index in [1.54, 1.807) is 19.2 Å². The summed E-state index contributed by atoms with van der Waals surface area (Å²) in [6, 6.07) is 5.10. The highest BCUT2D eigenvalue weighted by Gasteiger charge is 2.35. The average molecular weight is 487 g/mol. The summed E-state index contributed by atoms with van der Waals surface area (Å²) in [5.41, 5.74) is 1.93. The first-order valence-electron chi connectivity index (χ1n) is 10.9. The highest BCUT2D eigenvalue weighted by Crippen LogP contribution is 2.28. The highest BCUT2D eigenvalue weighted by atomic mass is 35.5. The zero-order valence-corrected chi connectivity index (χ0v) is 20.4. The summed E-state index contributed by atoms with van der Waals surface area (Å²) in [6.07, 6.45) is 5.90. The molecular weight excluding hydrogens is 455 g/mol. The maximum Gasteiger partial charge on any atom is 0.267 e. The third-order valence-corrected chi connectivity index (χ3v) is 8.27. The molecule has 1 aliphatic heterocycles. The van der Waals surface area contributed by atoms with E-state index in [1.165, 1.54) is 16.6 Å². The molecule has 2 fully saturated rings. The van der Waals surface area contributed by atoms with E-state index in [4.69, 9.17) is 0 Å². The Balaban J connectivity index is 0.00000289. The number of benzene rings is 1. The number of hydrogen-bond donors (Lipinski definition) is 2. The Morgan fingerprint density at radius 3 is 2.72 bits per heavy atom. The molecule has 32 heavy (non-hydrogen) atoms. The Morgan fingerprint density at radius 2 is 2.03 bits per heavy atom. The Morgan fingerprint density at radius 1 is 1.28 bits per heavy atom. The van der Waals surface area contributed by atoms with Crippen LogP contribution in [0.3, 0.4) is 0 Å². The normalized spacial score (nSPS) is 24.6. The van der Waals surface area contributed by atoms with Crippen molar-refractivity contribution < 1.29 is 17.6 Å². The van der Waals surface area contributed by atoms with Crippen molar-refractivity contribution in [3.8, 4) is 0 Å². The van der Waals surface area contributed by atoms with Crippen LogP contribution in [0.25, 0.3) is 10.9 Å². The lowest BCUT2D eigenvalue weighted by atomic mass is 9.90. The quantitative estimate of drug-likeness (QED) is 0.680. The number of hydrogen-bond acceptors (Lipinski definition) is 4. The van der Waals surface area contributed by atoms with E-state index in [9.17, 15) is 17.6 Å². The number of halogens is 2. The van der Waals surface area contributed by atoms with Crippen molar-refractivity contribution in [3.63, 3.8) is 0 Å². The van der Waals surface area contributed by atoms with Crippen molar-refractivity contribution in [2.45, 2.75) is 57.2 Å². The topological polar surface area (TPSA) is 85.5 Å². The zero-order chi connectivity index (χ0) is 22.3. The molecule has 0 unspecified atom stereocenters. The van der Waals surface area contributed by atoms with Gasteiger partial charge in [0.1, 0.15) is 11.5 Å². The minimum absolute atomic E-state index is 0. The third kappa shape index (κ3) is 5.11. The molecule has 1 aromatic carbocycles. The van der Waals surface area contributed by atoms with Gasteiger partial charge >= 0.3 is 0 Å². The van der Waals surface area contributed by atoms with Gasteiger partial charge in [-0.1, -0.05) is 6.07 Å². The van der Waals surface area contributed by atoms with Crippen molar-refractivity contribution in [2.24, 2.45) is 0 Å². The summed E-state index contributed by atoms with van der Waals surface area (Å²) in [5, 5.41) is 3.56. The summed E-state index contributed by atoms with van der Waals surface area (Å²) >= 11 is 0. The number of aromatic nitrogens is 1. The van der Waals surface area contributed by atoms with Crippen LogP contribution in [0, 0.1) is 12.7 Å². The highest BCUT2D eigenvalue weighted by molar-refractivity contribution is 7.88. The predicted octanol–water partition coefficient (Wildman–Crippen LogP) is 3.04. The van der Waals surface area contributed by atoms with Crippen LogP contribution in [0.4, 0.5) is 4.39 Å². The number of H-pyrrole nitrogens is 1. The summed E-state index contributed by atoms with van der Waals surface area (Å²) in [4.78, 5) is 18.3. The number of aryl methyl sites for hydroxylation is 1. The summed E-state index contributed by atoms with van der Waals surface area (Å²) < 4.78 is 39.3. The molecule has 10 heteroatoms. The lowest BCUT2D eigenvalue weighted by Gasteiger charge is -2.36. The molecule has 0 radical (unpaired) electrons. The maximum atomic E-state index is 14.1. The largest absolute Gasteiger partial charge is 0.350 e. The van der Waals surface area contributed by atoms with Gasteiger partial charge in [0.15, 0.2) is 0 Å². The van der Waals surface area contributed by atoms with Crippen molar-refractivity contribution >= 4 is 39.2 Å². The Bertz CT molecular complexity index is 1050. The van der Waals surface area contributed by atoms with Gasteiger partial charge < -0.3 is 10.3 Å². The number of amides is 1. The molecule has 2 N–H and O–H groups in total. The number of aromatic amines is 1. The van der Waals surface area contributed by atoms with Gasteiger partial charge in [-0.2, -0.15) is 0 Å². The van der Waals surface area contributed by atoms with Gasteiger partial charge in [0.25, 0.3) is 5.91 Å². The van der Waals surface area contributed by atoms with Gasteiger partial charge in [-0.05, 0) is 56.7 Å². The second kappa shape index (κ2) is 9.67. The van der Waals surface area contributed by atoms with E-state index in [2.05, 4.69) is 15.2 Å². The van der Waals surface area contributed by atoms with Gasteiger partial charge in [-0.15, -0.1) is 12.4 Å². The fraction of sp³-hybridized carbons (Fsp3) is 0.591. The fourth-order valence-corrected chi connectivity index (χ4v) is 5.72. The van der Waals surface area contributed by atoms with Gasteiger partial charge in [-0.25, -0.2) is 17.1 Å². The number of nitrogens with one attached hydrogen (secondary N) is 2. The van der Waals surface area contributed by atoms with Gasteiger partial charge in [-0.3, -0.25) is 9.69 Å². The van der Waals surface area contributed by atoms with Crippen LogP contribution in [0.5, 0.6) is 0 Å². The van der Waals surface area contributed by atoms with Crippen LogP contribution in [0.2, 0.25) is 0 Å². The molecule has 2 heterocycles. The third-order valence-electron chi connectivity index (χ3n) is 6.92. The van der Waals surface area contributed by atoms with Crippen LogP contribution in [0.1, 0.15) is 48.2 Å². The maximum absolute atomic E-state index is 14.1. The molecule has 2 aromatic rings. The Labute approximate surface area is 195 Å². The molecule has 1 aromatic heterocycles. The van der Waals surface area contributed by atoms with Crippen molar-refractivity contribution in [2.75, 3.05) is 26.4 Å². The second-order valence-electron chi connectivity index (χ2n) is 9.04. The Kier molecular flexibility index (Phi) is 7.54. The number of nitrogens with zero attached hydrogens (tertiary/aromatic N) is 2. The first kappa shape index (κ1) is 25.0. The minimum atomic E-state index is -3.20. The molecule has 0 bridgehead atoms. The molecule has 2 aliphatic rings. The van der Waals surface area contributed by atoms with Gasteiger partial charge in [0.05, 0.1) is 11.8 Å². The lowest BCUT2D eigenvalue weighted by molar-refractivity contribution is 0.0898. The molecule has 0 spiro atoms. The van der Waals surface area contributed by atoms with Crippen LogP contribution in [-0.2, 0) is 10.0 Å². The van der Waals surface area contributed by atoms with Crippen molar-refractivity contribution in [3.05, 3.63) is 35.3 Å². The minimum Gasteiger partial charge on any atom is -0.350 e. The van der Waals surface area contributed by atoms with Crippen LogP contribution in [-0.4, -0.2) is 73.0 Å². The SMILES string of the molecule is Cc1ccc(F)c2cc(C(=O)N[C@@H]3CCC[C@H](N4CC[C@H](N(C)S(C)(=O)=O)C4)C3)[nH]c12.Cl. The molecule has 3 atom stereocenters. The lowest BCUT2D eigenvalue weighted by Crippen LogP contribution is -2.46. The smallest absolute Gasteiger partial charge is 0.267 e. The van der Waals surface area contributed by atoms with Gasteiger partial charge in [0.2, 0.25) is 10.0 Å². The predicted molar refractivity (Wildman–Crippen MR) is 126 cm³/mol. The molecule has 1 saturated heterocycles. The summed E-state index contributed by atoms with van der Waals surface area (Å²) in [6.45, 7) is 3.49. The number of carbonyl (C=O) groups excluding carboxylic acids is 1. The summed E-state index contributed by atoms with van der Waals surface area (Å²) in [7, 11) is -1.54. The van der Waals surface area contributed by atoms with E-state index in [1.807, 2.05) is 6.92 Å². The van der Waals surface area contributed by atoms with Crippen LogP contribution >= 0.6 is 12.4 Å². The second-order valence-corrected chi connectivity index (χ2v) is 11.1. The number of carbonyl (C=O) groups is 1. The first-order chi connectivity index (χ1) is 14.6. The summed E-state index contributed by atoms with van der Waals surface area (Å²) in [5.74, 6) is -0.548. The van der Waals surface area contributed by atoms with Gasteiger partial charge in [0, 0.05) is 43.6 Å². The molecule has 1 aliphatic carbocycles. The first-order valence-corrected chi connectivity index (χ1v) is 12.7. The van der Waals surface area contributed by atoms with E-state index < -0.39 is 10.0 Å².